The minimum Gasteiger partial charge on any atom is -0.352 e. The number of nitrogens with one attached hydrogen (secondary N) is 1. The molecule has 0 spiro atoms. The van der Waals surface area contributed by atoms with Gasteiger partial charge in [0.05, 0.1) is 18.2 Å². The van der Waals surface area contributed by atoms with Crippen LogP contribution in [0.5, 0.6) is 0 Å². The zero-order chi connectivity index (χ0) is 23.5. The van der Waals surface area contributed by atoms with Crippen molar-refractivity contribution >= 4 is 52.5 Å². The fraction of sp³-hybridized carbons (Fsp3) is 0.200. The Hall–Kier alpha value is -2.54. The number of thioether (sulfide) groups is 1. The Morgan fingerprint density at radius 1 is 1.12 bits per heavy atom. The van der Waals surface area contributed by atoms with Gasteiger partial charge in [-0.15, -0.1) is 11.8 Å². The predicted octanol–water partition coefficient (Wildman–Crippen LogP) is 6.09. The molecule has 0 fully saturated rings. The highest BCUT2D eigenvalue weighted by Crippen LogP contribution is 2.42. The normalized spacial score (nSPS) is 16.3. The van der Waals surface area contributed by atoms with Crippen molar-refractivity contribution in [3.05, 3.63) is 93.7 Å². The van der Waals surface area contributed by atoms with Gasteiger partial charge in [0.1, 0.15) is 11.1 Å². The second-order valence-corrected chi connectivity index (χ2v) is 9.83. The third-order valence-corrected chi connectivity index (χ3v) is 7.58. The average molecular weight is 503 g/mol. The summed E-state index contributed by atoms with van der Waals surface area (Å²) in [5.74, 6) is -1.41. The van der Waals surface area contributed by atoms with Crippen LogP contribution in [0.2, 0.25) is 10.0 Å². The third kappa shape index (κ3) is 5.35. The molecule has 1 aliphatic rings. The van der Waals surface area contributed by atoms with E-state index in [9.17, 15) is 14.0 Å². The van der Waals surface area contributed by atoms with E-state index < -0.39 is 17.0 Å². The van der Waals surface area contributed by atoms with Crippen molar-refractivity contribution in [1.82, 2.24) is 5.32 Å². The van der Waals surface area contributed by atoms with E-state index in [1.165, 1.54) is 23.9 Å². The Kier molecular flexibility index (Phi) is 7.27. The molecule has 0 bridgehead atoms. The van der Waals surface area contributed by atoms with Gasteiger partial charge in [0, 0.05) is 21.5 Å². The molecule has 3 aromatic carbocycles. The van der Waals surface area contributed by atoms with Crippen LogP contribution < -0.4 is 10.2 Å². The number of benzene rings is 3. The van der Waals surface area contributed by atoms with Crippen molar-refractivity contribution < 1.29 is 14.0 Å². The maximum atomic E-state index is 13.5. The lowest BCUT2D eigenvalue weighted by molar-refractivity contribution is -0.128. The molecule has 1 N–H and O–H groups in total. The SMILES string of the molecule is CC(C(=O)NCc1ccc(Cl)cc1)C1Sc2ccccc2N(Cc2ccc(F)cc2Cl)C1=O. The highest BCUT2D eigenvalue weighted by molar-refractivity contribution is 8.01. The predicted molar refractivity (Wildman–Crippen MR) is 131 cm³/mol. The van der Waals surface area contributed by atoms with Crippen LogP contribution in [0.25, 0.3) is 0 Å². The number of anilines is 1. The monoisotopic (exact) mass is 502 g/mol. The first-order valence-corrected chi connectivity index (χ1v) is 12.0. The molecule has 2 amide bonds. The van der Waals surface area contributed by atoms with Crippen LogP contribution in [0, 0.1) is 11.7 Å². The Balaban J connectivity index is 1.54. The molecule has 8 heteroatoms. The van der Waals surface area contributed by atoms with Crippen LogP contribution in [-0.4, -0.2) is 17.1 Å². The van der Waals surface area contributed by atoms with E-state index in [4.69, 9.17) is 23.2 Å². The molecule has 0 saturated heterocycles. The summed E-state index contributed by atoms with van der Waals surface area (Å²) in [5, 5.41) is 3.18. The molecule has 4 nitrogen and oxygen atoms in total. The summed E-state index contributed by atoms with van der Waals surface area (Å²) in [6, 6.07) is 18.9. The number of carbonyl (C=O) groups excluding carboxylic acids is 2. The van der Waals surface area contributed by atoms with Crippen LogP contribution in [0.15, 0.2) is 71.6 Å². The van der Waals surface area contributed by atoms with E-state index in [-0.39, 0.29) is 23.4 Å². The van der Waals surface area contributed by atoms with Gasteiger partial charge in [-0.25, -0.2) is 4.39 Å². The molecule has 3 aromatic rings. The second kappa shape index (κ2) is 10.2. The fourth-order valence-electron chi connectivity index (χ4n) is 3.63. The lowest BCUT2D eigenvalue weighted by Crippen LogP contribution is -2.47. The van der Waals surface area contributed by atoms with Gasteiger partial charge in [0.15, 0.2) is 0 Å². The lowest BCUT2D eigenvalue weighted by Gasteiger charge is -2.36. The third-order valence-electron chi connectivity index (χ3n) is 5.51. The van der Waals surface area contributed by atoms with Gasteiger partial charge in [-0.3, -0.25) is 9.59 Å². The standard InChI is InChI=1S/C25H21Cl2FN2O2S/c1-15(24(31)29-13-16-6-9-18(26)10-7-16)23-25(32)30(21-4-2-3-5-22(21)33-23)14-17-8-11-19(28)12-20(17)27/h2-12,15,23H,13-14H2,1H3,(H,29,31). The van der Waals surface area contributed by atoms with E-state index in [1.807, 2.05) is 36.4 Å². The van der Waals surface area contributed by atoms with E-state index in [1.54, 1.807) is 30.0 Å². The largest absolute Gasteiger partial charge is 0.352 e. The number of para-hydroxylation sites is 1. The van der Waals surface area contributed by atoms with Crippen molar-refractivity contribution in [1.29, 1.82) is 0 Å². The second-order valence-electron chi connectivity index (χ2n) is 7.80. The summed E-state index contributed by atoms with van der Waals surface area (Å²) in [6.07, 6.45) is 0. The number of halogens is 3. The summed E-state index contributed by atoms with van der Waals surface area (Å²) < 4.78 is 13.5. The summed E-state index contributed by atoms with van der Waals surface area (Å²) in [7, 11) is 0. The van der Waals surface area contributed by atoms with Crippen molar-refractivity contribution in [2.24, 2.45) is 5.92 Å². The van der Waals surface area contributed by atoms with E-state index in [0.29, 0.717) is 17.1 Å². The number of carbonyl (C=O) groups is 2. The van der Waals surface area contributed by atoms with E-state index in [2.05, 4.69) is 5.32 Å². The number of hydrogen-bond acceptors (Lipinski definition) is 3. The number of rotatable bonds is 6. The zero-order valence-electron chi connectivity index (χ0n) is 17.7. The molecule has 0 aromatic heterocycles. The molecule has 33 heavy (non-hydrogen) atoms. The first-order valence-electron chi connectivity index (χ1n) is 10.4. The molecular formula is C25H21Cl2FN2O2S. The van der Waals surface area contributed by atoms with Crippen molar-refractivity contribution in [3.63, 3.8) is 0 Å². The van der Waals surface area contributed by atoms with Gasteiger partial charge < -0.3 is 10.2 Å². The molecular weight excluding hydrogens is 482 g/mol. The number of fused-ring (bicyclic) bond motifs is 1. The Labute approximate surface area is 206 Å². The van der Waals surface area contributed by atoms with Gasteiger partial charge in [-0.1, -0.05) is 60.5 Å². The quantitative estimate of drug-likeness (QED) is 0.443. The van der Waals surface area contributed by atoms with Crippen LogP contribution in [0.4, 0.5) is 10.1 Å². The van der Waals surface area contributed by atoms with Crippen molar-refractivity contribution in [2.75, 3.05) is 4.90 Å². The van der Waals surface area contributed by atoms with Crippen molar-refractivity contribution in [3.8, 4) is 0 Å². The highest BCUT2D eigenvalue weighted by Gasteiger charge is 2.39. The fourth-order valence-corrected chi connectivity index (χ4v) is 5.27. The Bertz CT molecular complexity index is 1190. The van der Waals surface area contributed by atoms with Gasteiger partial charge >= 0.3 is 0 Å². The Morgan fingerprint density at radius 3 is 2.58 bits per heavy atom. The summed E-state index contributed by atoms with van der Waals surface area (Å²) in [4.78, 5) is 29.0. The van der Waals surface area contributed by atoms with Crippen LogP contribution in [-0.2, 0) is 22.7 Å². The molecule has 0 aliphatic carbocycles. The Morgan fingerprint density at radius 2 is 1.85 bits per heavy atom. The highest BCUT2D eigenvalue weighted by atomic mass is 35.5. The first kappa shape index (κ1) is 23.6. The molecule has 2 unspecified atom stereocenters. The van der Waals surface area contributed by atoms with E-state index in [0.717, 1.165) is 16.1 Å². The molecule has 0 saturated carbocycles. The average Bonchev–Trinajstić information content (AvgIpc) is 2.81. The molecule has 4 rings (SSSR count). The zero-order valence-corrected chi connectivity index (χ0v) is 20.1. The molecule has 1 heterocycles. The number of hydrogen-bond donors (Lipinski definition) is 1. The molecule has 170 valence electrons. The molecule has 2 atom stereocenters. The van der Waals surface area contributed by atoms with Gasteiger partial charge in [0.25, 0.3) is 0 Å². The van der Waals surface area contributed by atoms with E-state index >= 15 is 0 Å². The van der Waals surface area contributed by atoms with Gasteiger partial charge in [-0.2, -0.15) is 0 Å². The first-order chi connectivity index (χ1) is 15.8. The summed E-state index contributed by atoms with van der Waals surface area (Å²) in [5.41, 5.74) is 2.30. The van der Waals surface area contributed by atoms with Crippen LogP contribution in [0.1, 0.15) is 18.1 Å². The topological polar surface area (TPSA) is 49.4 Å². The van der Waals surface area contributed by atoms with Gasteiger partial charge in [-0.05, 0) is 47.5 Å². The minimum absolute atomic E-state index is 0.186. The van der Waals surface area contributed by atoms with Crippen LogP contribution in [0.3, 0.4) is 0 Å². The van der Waals surface area contributed by atoms with Gasteiger partial charge in [0.2, 0.25) is 11.8 Å². The summed E-state index contributed by atoms with van der Waals surface area (Å²) >= 11 is 13.5. The minimum atomic E-state index is -0.607. The lowest BCUT2D eigenvalue weighted by atomic mass is 10.0. The van der Waals surface area contributed by atoms with Crippen molar-refractivity contribution in [2.45, 2.75) is 30.2 Å². The smallest absolute Gasteiger partial charge is 0.241 e. The maximum Gasteiger partial charge on any atom is 0.241 e. The van der Waals surface area contributed by atoms with Crippen LogP contribution >= 0.6 is 35.0 Å². The molecule has 1 aliphatic heterocycles. The molecule has 0 radical (unpaired) electrons. The summed E-state index contributed by atoms with van der Waals surface area (Å²) in [6.45, 7) is 2.28. The number of amides is 2. The number of nitrogens with zero attached hydrogens (tertiary/aromatic N) is 1. The maximum absolute atomic E-state index is 13.5.